The van der Waals surface area contributed by atoms with Crippen LogP contribution in [0.2, 0.25) is 0 Å². The van der Waals surface area contributed by atoms with Crippen LogP contribution in [0.25, 0.3) is 0 Å². The van der Waals surface area contributed by atoms with Crippen LogP contribution in [0, 0.1) is 5.95 Å². The van der Waals surface area contributed by atoms with Gasteiger partial charge in [0, 0.05) is 43.1 Å². The van der Waals surface area contributed by atoms with Gasteiger partial charge in [-0.2, -0.15) is 4.39 Å². The van der Waals surface area contributed by atoms with Gasteiger partial charge in [-0.15, -0.1) is 0 Å². The number of carbonyl (C=O) groups is 2. The first-order chi connectivity index (χ1) is 19.6. The molecule has 3 unspecified atom stereocenters. The predicted octanol–water partition coefficient (Wildman–Crippen LogP) is 4.30. The molecule has 0 radical (unpaired) electrons. The predicted molar refractivity (Wildman–Crippen MR) is 143 cm³/mol. The molecule has 2 aliphatic rings. The van der Waals surface area contributed by atoms with Crippen molar-refractivity contribution in [2.24, 2.45) is 0 Å². The Bertz CT molecular complexity index is 1490. The summed E-state index contributed by atoms with van der Waals surface area (Å²) in [7, 11) is 0. The lowest BCUT2D eigenvalue weighted by atomic mass is 9.77. The highest BCUT2D eigenvalue weighted by Gasteiger charge is 2.47. The van der Waals surface area contributed by atoms with Crippen LogP contribution in [-0.2, 0) is 22.6 Å². The lowest BCUT2D eigenvalue weighted by Gasteiger charge is -2.35. The molecule has 0 spiro atoms. The van der Waals surface area contributed by atoms with E-state index < -0.39 is 60.7 Å². The van der Waals surface area contributed by atoms with Crippen LogP contribution in [0.1, 0.15) is 60.5 Å². The normalized spacial score (nSPS) is 20.9. The fourth-order valence-electron chi connectivity index (χ4n) is 5.56. The average molecular weight is 571 g/mol. The number of rotatable bonds is 8. The molecule has 41 heavy (non-hydrogen) atoms. The quantitative estimate of drug-likeness (QED) is 0.323. The van der Waals surface area contributed by atoms with Crippen molar-refractivity contribution in [2.75, 3.05) is 6.54 Å². The molecule has 3 heterocycles. The Morgan fingerprint density at radius 2 is 1.83 bits per heavy atom. The Morgan fingerprint density at radius 3 is 2.49 bits per heavy atom. The number of alkyl halides is 3. The summed E-state index contributed by atoms with van der Waals surface area (Å²) in [6.45, 7) is 1.92. The topological polar surface area (TPSA) is 84.3 Å². The van der Waals surface area contributed by atoms with Crippen molar-refractivity contribution < 1.29 is 27.2 Å². The number of likely N-dealkylation sites (tertiary alicyclic amines) is 1. The Labute approximate surface area is 234 Å². The van der Waals surface area contributed by atoms with Gasteiger partial charge < -0.3 is 14.8 Å². The second-order valence-corrected chi connectivity index (χ2v) is 10.6. The molecule has 2 aromatic heterocycles. The van der Waals surface area contributed by atoms with Crippen molar-refractivity contribution >= 4 is 11.8 Å². The number of hydrogen-bond donors (Lipinski definition) is 1. The van der Waals surface area contributed by atoms with Crippen molar-refractivity contribution in [3.8, 4) is 0 Å². The van der Waals surface area contributed by atoms with E-state index in [1.807, 2.05) is 0 Å². The van der Waals surface area contributed by atoms with Gasteiger partial charge >= 0.3 is 0 Å². The first-order valence-electron chi connectivity index (χ1n) is 13.6. The molecule has 3 atom stereocenters. The van der Waals surface area contributed by atoms with E-state index in [1.54, 1.807) is 49.5 Å². The third kappa shape index (κ3) is 6.03. The summed E-state index contributed by atoms with van der Waals surface area (Å²) in [5.41, 5.74) is 0.703. The molecule has 216 valence electrons. The van der Waals surface area contributed by atoms with Crippen LogP contribution in [0.4, 0.5) is 17.6 Å². The Hall–Kier alpha value is -4.02. The van der Waals surface area contributed by atoms with Gasteiger partial charge in [0.25, 0.3) is 5.56 Å². The van der Waals surface area contributed by atoms with Crippen LogP contribution in [0.5, 0.6) is 0 Å². The molecule has 1 aliphatic carbocycles. The molecule has 1 aliphatic heterocycles. The summed E-state index contributed by atoms with van der Waals surface area (Å²) in [5.74, 6) is -5.56. The minimum Gasteiger partial charge on any atom is -0.342 e. The summed E-state index contributed by atoms with van der Waals surface area (Å²) in [6.07, 6.45) is -1.25. The van der Waals surface area contributed by atoms with E-state index in [1.165, 1.54) is 22.8 Å². The van der Waals surface area contributed by atoms with E-state index in [-0.39, 0.29) is 41.8 Å². The maximum Gasteiger partial charge on any atom is 0.254 e. The highest BCUT2D eigenvalue weighted by Crippen LogP contribution is 2.48. The third-order valence-electron chi connectivity index (χ3n) is 7.80. The summed E-state index contributed by atoms with van der Waals surface area (Å²) >= 11 is 0. The van der Waals surface area contributed by atoms with Gasteiger partial charge in [-0.3, -0.25) is 14.4 Å². The highest BCUT2D eigenvalue weighted by molar-refractivity contribution is 5.89. The smallest absolute Gasteiger partial charge is 0.254 e. The molecular weight excluding hydrogens is 540 g/mol. The lowest BCUT2D eigenvalue weighted by Crippen LogP contribution is -2.48. The lowest BCUT2D eigenvalue weighted by molar-refractivity contribution is -0.138. The molecule has 1 N–H and O–H groups in total. The van der Waals surface area contributed by atoms with E-state index in [0.717, 1.165) is 4.90 Å². The molecule has 11 heteroatoms. The molecule has 2 fully saturated rings. The molecule has 5 rings (SSSR count). The summed E-state index contributed by atoms with van der Waals surface area (Å²) in [6, 6.07) is 12.6. The SMILES string of the molecule is CCn1cccc(CC(=O)N2CC(F)CC2C(=O)NC(c2ccccc2)c2ccc(C3CC(F)(F)C3)c(F)n2)c1=O. The second kappa shape index (κ2) is 11.5. The van der Waals surface area contributed by atoms with E-state index in [0.29, 0.717) is 12.1 Å². The average Bonchev–Trinajstić information content (AvgIpc) is 3.34. The molecule has 1 saturated carbocycles. The zero-order valence-corrected chi connectivity index (χ0v) is 22.4. The van der Waals surface area contributed by atoms with Crippen LogP contribution >= 0.6 is 0 Å². The number of pyridine rings is 2. The molecule has 2 amide bonds. The molecular formula is C30H30F4N4O3. The van der Waals surface area contributed by atoms with Gasteiger partial charge in [0.1, 0.15) is 12.2 Å². The molecule has 0 bridgehead atoms. The second-order valence-electron chi connectivity index (χ2n) is 10.6. The maximum atomic E-state index is 15.0. The minimum absolute atomic E-state index is 0.0914. The number of halogens is 4. The van der Waals surface area contributed by atoms with Crippen LogP contribution in [0.3, 0.4) is 0 Å². The number of benzene rings is 1. The number of nitrogens with zero attached hydrogens (tertiary/aromatic N) is 3. The summed E-state index contributed by atoms with van der Waals surface area (Å²) < 4.78 is 57.7. The number of aromatic nitrogens is 2. The third-order valence-corrected chi connectivity index (χ3v) is 7.80. The van der Waals surface area contributed by atoms with E-state index in [2.05, 4.69) is 10.3 Å². The number of hydrogen-bond acceptors (Lipinski definition) is 4. The van der Waals surface area contributed by atoms with Gasteiger partial charge in [-0.1, -0.05) is 42.5 Å². The minimum atomic E-state index is -2.82. The molecule has 1 saturated heterocycles. The Kier molecular flexibility index (Phi) is 7.97. The standard InChI is InChI=1S/C30H30F4N4O3/c1-2-37-12-6-9-19(29(37)41)13-25(39)38-17-21(31)14-24(38)28(40)36-26(18-7-4-3-5-8-18)23-11-10-22(27(32)35-23)20-15-30(33,34)16-20/h3-12,20-21,24,26H,2,13-17H2,1H3,(H,36,40). The van der Waals surface area contributed by atoms with Crippen molar-refractivity contribution in [1.29, 1.82) is 0 Å². The fraction of sp³-hybridized carbons (Fsp3) is 0.400. The number of nitrogens with one attached hydrogen (secondary N) is 1. The van der Waals surface area contributed by atoms with E-state index >= 15 is 4.39 Å². The fourth-order valence-corrected chi connectivity index (χ4v) is 5.56. The Balaban J connectivity index is 1.37. The maximum absolute atomic E-state index is 15.0. The van der Waals surface area contributed by atoms with Crippen LogP contribution in [-0.4, -0.2) is 50.9 Å². The van der Waals surface area contributed by atoms with Crippen LogP contribution in [0.15, 0.2) is 65.6 Å². The van der Waals surface area contributed by atoms with E-state index in [4.69, 9.17) is 0 Å². The number of aryl methyl sites for hydroxylation is 1. The van der Waals surface area contributed by atoms with Gasteiger partial charge in [-0.25, -0.2) is 18.2 Å². The van der Waals surface area contributed by atoms with Crippen molar-refractivity contribution in [3.63, 3.8) is 0 Å². The van der Waals surface area contributed by atoms with Crippen molar-refractivity contribution in [1.82, 2.24) is 19.8 Å². The summed E-state index contributed by atoms with van der Waals surface area (Å²) in [4.78, 5) is 44.5. The zero-order chi connectivity index (χ0) is 29.3. The molecule has 3 aromatic rings. The van der Waals surface area contributed by atoms with Crippen molar-refractivity contribution in [3.05, 3.63) is 99.5 Å². The van der Waals surface area contributed by atoms with Gasteiger partial charge in [0.15, 0.2) is 0 Å². The monoisotopic (exact) mass is 570 g/mol. The highest BCUT2D eigenvalue weighted by atomic mass is 19.3. The molecule has 7 nitrogen and oxygen atoms in total. The Morgan fingerprint density at radius 1 is 1.10 bits per heavy atom. The largest absolute Gasteiger partial charge is 0.342 e. The van der Waals surface area contributed by atoms with Crippen molar-refractivity contribution in [2.45, 2.75) is 69.2 Å². The molecule has 1 aromatic carbocycles. The van der Waals surface area contributed by atoms with Gasteiger partial charge in [-0.05, 0) is 30.5 Å². The zero-order valence-electron chi connectivity index (χ0n) is 22.4. The first-order valence-corrected chi connectivity index (χ1v) is 13.6. The van der Waals surface area contributed by atoms with Gasteiger partial charge in [0.05, 0.1) is 24.7 Å². The summed E-state index contributed by atoms with van der Waals surface area (Å²) in [5, 5.41) is 2.79. The van der Waals surface area contributed by atoms with Crippen LogP contribution < -0.4 is 10.9 Å². The first kappa shape index (κ1) is 28.5. The number of carbonyl (C=O) groups excluding carboxylic acids is 2. The van der Waals surface area contributed by atoms with Gasteiger partial charge in [0.2, 0.25) is 23.7 Å². The number of amides is 2. The van der Waals surface area contributed by atoms with E-state index in [9.17, 15) is 27.6 Å².